The second-order valence-corrected chi connectivity index (χ2v) is 6.83. The summed E-state index contributed by atoms with van der Waals surface area (Å²) in [5, 5.41) is 0. The van der Waals surface area contributed by atoms with Gasteiger partial charge in [-0.25, -0.2) is 0 Å². The van der Waals surface area contributed by atoms with Crippen LogP contribution in [0.3, 0.4) is 0 Å². The molecule has 1 atom stereocenters. The minimum atomic E-state index is -0.671. The first kappa shape index (κ1) is 17.3. The zero-order valence-corrected chi connectivity index (χ0v) is 15.3. The third-order valence-electron chi connectivity index (χ3n) is 5.09. The van der Waals surface area contributed by atoms with E-state index in [9.17, 15) is 9.59 Å². The van der Waals surface area contributed by atoms with Gasteiger partial charge in [-0.2, -0.15) is 0 Å². The number of carbonyl (C=O) groups is 2. The van der Waals surface area contributed by atoms with Gasteiger partial charge in [0.1, 0.15) is 5.75 Å². The van der Waals surface area contributed by atoms with Crippen LogP contribution in [0, 0.1) is 0 Å². The molecule has 138 valence electrons. The van der Waals surface area contributed by atoms with Gasteiger partial charge < -0.3 is 14.5 Å². The molecular weight excluding hydrogens is 340 g/mol. The van der Waals surface area contributed by atoms with E-state index in [1.807, 2.05) is 41.3 Å². The van der Waals surface area contributed by atoms with E-state index in [0.717, 1.165) is 12.1 Å². The highest BCUT2D eigenvalue weighted by atomic mass is 16.5. The van der Waals surface area contributed by atoms with Crippen LogP contribution < -0.4 is 9.64 Å². The largest absolute Gasteiger partial charge is 0.476 e. The van der Waals surface area contributed by atoms with Crippen molar-refractivity contribution in [2.45, 2.75) is 19.4 Å². The van der Waals surface area contributed by atoms with Crippen LogP contribution in [0.2, 0.25) is 0 Å². The third-order valence-corrected chi connectivity index (χ3v) is 5.09. The number of para-hydroxylation sites is 2. The van der Waals surface area contributed by atoms with Crippen molar-refractivity contribution in [1.82, 2.24) is 4.90 Å². The fourth-order valence-corrected chi connectivity index (χ4v) is 3.65. The van der Waals surface area contributed by atoms with Crippen LogP contribution in [-0.2, 0) is 9.59 Å². The maximum atomic E-state index is 13.0. The Balaban J connectivity index is 1.49. The van der Waals surface area contributed by atoms with Crippen molar-refractivity contribution in [1.29, 1.82) is 0 Å². The summed E-state index contributed by atoms with van der Waals surface area (Å²) in [5.41, 5.74) is 3.19. The van der Waals surface area contributed by atoms with Gasteiger partial charge in [0, 0.05) is 20.0 Å². The minimum Gasteiger partial charge on any atom is -0.476 e. The summed E-state index contributed by atoms with van der Waals surface area (Å²) in [4.78, 5) is 28.5. The second-order valence-electron chi connectivity index (χ2n) is 6.83. The maximum Gasteiger partial charge on any atom is 0.265 e. The lowest BCUT2D eigenvalue weighted by Crippen LogP contribution is -2.52. The Kier molecular flexibility index (Phi) is 4.67. The summed E-state index contributed by atoms with van der Waals surface area (Å²) in [6.45, 7) is 2.97. The molecule has 0 aromatic heterocycles. The van der Waals surface area contributed by atoms with Gasteiger partial charge in [-0.3, -0.25) is 9.59 Å². The summed E-state index contributed by atoms with van der Waals surface area (Å²) in [5.74, 6) is 0.419. The monoisotopic (exact) mass is 362 g/mol. The third kappa shape index (κ3) is 3.45. The molecule has 2 amide bonds. The van der Waals surface area contributed by atoms with Crippen LogP contribution in [0.25, 0.3) is 5.57 Å². The second kappa shape index (κ2) is 7.27. The summed E-state index contributed by atoms with van der Waals surface area (Å²) in [6, 6.07) is 17.6. The van der Waals surface area contributed by atoms with Crippen molar-refractivity contribution < 1.29 is 14.3 Å². The number of rotatable bonds is 2. The molecule has 5 nitrogen and oxygen atoms in total. The highest BCUT2D eigenvalue weighted by Gasteiger charge is 2.35. The molecule has 0 fully saturated rings. The molecule has 2 aromatic carbocycles. The van der Waals surface area contributed by atoms with Gasteiger partial charge >= 0.3 is 0 Å². The zero-order valence-electron chi connectivity index (χ0n) is 15.3. The number of fused-ring (bicyclic) bond motifs is 1. The summed E-state index contributed by atoms with van der Waals surface area (Å²) >= 11 is 0. The highest BCUT2D eigenvalue weighted by Crippen LogP contribution is 2.34. The smallest absolute Gasteiger partial charge is 0.265 e. The molecule has 2 heterocycles. The lowest BCUT2D eigenvalue weighted by atomic mass is 9.99. The van der Waals surface area contributed by atoms with Crippen LogP contribution in [0.4, 0.5) is 5.69 Å². The zero-order chi connectivity index (χ0) is 18.8. The molecule has 2 aliphatic heterocycles. The number of nitrogens with zero attached hydrogens (tertiary/aromatic N) is 2. The predicted molar refractivity (Wildman–Crippen MR) is 105 cm³/mol. The first-order valence-corrected chi connectivity index (χ1v) is 9.20. The van der Waals surface area contributed by atoms with E-state index in [0.29, 0.717) is 18.8 Å². The Labute approximate surface area is 158 Å². The molecule has 0 spiro atoms. The van der Waals surface area contributed by atoms with Crippen molar-refractivity contribution in [3.05, 3.63) is 66.2 Å². The van der Waals surface area contributed by atoms with E-state index in [1.54, 1.807) is 11.0 Å². The van der Waals surface area contributed by atoms with E-state index >= 15 is 0 Å². The van der Waals surface area contributed by atoms with Gasteiger partial charge in [0.2, 0.25) is 5.91 Å². The van der Waals surface area contributed by atoms with Crippen molar-refractivity contribution in [3.63, 3.8) is 0 Å². The minimum absolute atomic E-state index is 0.0703. The van der Waals surface area contributed by atoms with Crippen LogP contribution in [0.1, 0.15) is 18.9 Å². The number of ether oxygens (including phenoxy) is 1. The van der Waals surface area contributed by atoms with Crippen LogP contribution in [-0.4, -0.2) is 42.5 Å². The molecule has 0 N–H and O–H groups in total. The Morgan fingerprint density at radius 1 is 1.04 bits per heavy atom. The average Bonchev–Trinajstić information content (AvgIpc) is 2.73. The van der Waals surface area contributed by atoms with Crippen molar-refractivity contribution in [2.24, 2.45) is 0 Å². The topological polar surface area (TPSA) is 49.9 Å². The van der Waals surface area contributed by atoms with Gasteiger partial charge in [0.25, 0.3) is 5.91 Å². The summed E-state index contributed by atoms with van der Waals surface area (Å²) in [6.07, 6.45) is 2.25. The Morgan fingerprint density at radius 3 is 2.48 bits per heavy atom. The normalized spacial score (nSPS) is 19.0. The molecule has 0 saturated carbocycles. The van der Waals surface area contributed by atoms with Gasteiger partial charge in [-0.05, 0) is 29.7 Å². The van der Waals surface area contributed by atoms with Crippen molar-refractivity contribution in [3.8, 4) is 5.75 Å². The Bertz CT molecular complexity index is 891. The van der Waals surface area contributed by atoms with E-state index in [2.05, 4.69) is 18.2 Å². The summed E-state index contributed by atoms with van der Waals surface area (Å²) in [7, 11) is 0. The number of anilines is 1. The molecule has 1 unspecified atom stereocenters. The fourth-order valence-electron chi connectivity index (χ4n) is 3.65. The molecule has 0 bridgehead atoms. The first-order valence-electron chi connectivity index (χ1n) is 9.20. The average molecular weight is 362 g/mol. The molecular formula is C22H22N2O3. The maximum absolute atomic E-state index is 13.0. The first-order chi connectivity index (χ1) is 13.1. The van der Waals surface area contributed by atoms with Crippen LogP contribution in [0.5, 0.6) is 5.75 Å². The Morgan fingerprint density at radius 2 is 1.78 bits per heavy atom. The van der Waals surface area contributed by atoms with Gasteiger partial charge in [-0.1, -0.05) is 48.5 Å². The lowest BCUT2D eigenvalue weighted by Gasteiger charge is -2.36. The van der Waals surface area contributed by atoms with E-state index in [1.165, 1.54) is 18.1 Å². The number of amides is 2. The van der Waals surface area contributed by atoms with Gasteiger partial charge in [0.15, 0.2) is 6.10 Å². The number of hydrogen-bond donors (Lipinski definition) is 0. The Hall–Kier alpha value is -3.08. The molecule has 0 radical (unpaired) electrons. The standard InChI is InChI=1S/C22H22N2O3/c1-16(25)24-15-21(27-20-10-6-5-9-19(20)24)22(26)23-13-11-18(12-14-23)17-7-3-2-4-8-17/h2-11,21H,12-15H2,1H3. The van der Waals surface area contributed by atoms with Gasteiger partial charge in [-0.15, -0.1) is 0 Å². The molecule has 4 rings (SSSR count). The fraction of sp³-hybridized carbons (Fsp3) is 0.273. The van der Waals surface area contributed by atoms with E-state index < -0.39 is 6.10 Å². The molecule has 0 aliphatic carbocycles. The van der Waals surface area contributed by atoms with E-state index in [-0.39, 0.29) is 18.4 Å². The van der Waals surface area contributed by atoms with Gasteiger partial charge in [0.05, 0.1) is 12.2 Å². The van der Waals surface area contributed by atoms with Crippen molar-refractivity contribution >= 4 is 23.1 Å². The molecule has 0 saturated heterocycles. The van der Waals surface area contributed by atoms with Crippen LogP contribution in [0.15, 0.2) is 60.7 Å². The SMILES string of the molecule is CC(=O)N1CC(C(=O)N2CC=C(c3ccccc3)CC2)Oc2ccccc21. The van der Waals surface area contributed by atoms with Crippen molar-refractivity contribution in [2.75, 3.05) is 24.5 Å². The summed E-state index contributed by atoms with van der Waals surface area (Å²) < 4.78 is 5.93. The quantitative estimate of drug-likeness (QED) is 0.825. The van der Waals surface area contributed by atoms with E-state index in [4.69, 9.17) is 4.74 Å². The molecule has 27 heavy (non-hydrogen) atoms. The number of carbonyl (C=O) groups excluding carboxylic acids is 2. The highest BCUT2D eigenvalue weighted by molar-refractivity contribution is 5.96. The van der Waals surface area contributed by atoms with Crippen LogP contribution >= 0.6 is 0 Å². The molecule has 2 aromatic rings. The lowest BCUT2D eigenvalue weighted by molar-refractivity contribution is -0.138. The predicted octanol–water partition coefficient (Wildman–Crippen LogP) is 3.12. The number of benzene rings is 2. The molecule has 2 aliphatic rings. The molecule has 5 heteroatoms. The number of hydrogen-bond acceptors (Lipinski definition) is 3.